The quantitative estimate of drug-likeness (QED) is 0.801. The van der Waals surface area contributed by atoms with E-state index in [1.807, 2.05) is 0 Å². The van der Waals surface area contributed by atoms with Gasteiger partial charge < -0.3 is 10.8 Å². The van der Waals surface area contributed by atoms with Crippen molar-refractivity contribution >= 4 is 35.0 Å². The van der Waals surface area contributed by atoms with Gasteiger partial charge in [-0.1, -0.05) is 17.7 Å². The van der Waals surface area contributed by atoms with Crippen molar-refractivity contribution in [1.29, 1.82) is 0 Å². The van der Waals surface area contributed by atoms with Crippen molar-refractivity contribution in [3.05, 3.63) is 41.1 Å². The minimum atomic E-state index is -0.833. The number of benzene rings is 1. The number of hydrogen-bond acceptors (Lipinski definition) is 4. The van der Waals surface area contributed by atoms with Crippen LogP contribution in [0.3, 0.4) is 0 Å². The van der Waals surface area contributed by atoms with Crippen LogP contribution >= 0.6 is 23.4 Å². The number of nitrogens with zero attached hydrogens (tertiary/aromatic N) is 1. The number of rotatable bonds is 2. The number of halogens is 3. The number of nitrogen functional groups attached to an aromatic ring is 1. The molecular weight excluding hydrogens is 334 g/mol. The van der Waals surface area contributed by atoms with Gasteiger partial charge in [0.1, 0.15) is 11.5 Å². The average molecular weight is 347 g/mol. The van der Waals surface area contributed by atoms with Crippen molar-refractivity contribution < 1.29 is 18.7 Å². The van der Waals surface area contributed by atoms with Crippen LogP contribution in [-0.2, 0) is 4.79 Å². The minimum absolute atomic E-state index is 0.0147. The van der Waals surface area contributed by atoms with E-state index in [1.165, 1.54) is 30.1 Å². The van der Waals surface area contributed by atoms with Crippen LogP contribution < -0.4 is 5.73 Å². The molecule has 0 fully saturated rings. The SMILES string of the molecule is CC(=O)O.CSc1cnc(-c2ccc(Cl)c(F)c2)c(F)c1N. The molecule has 0 radical (unpaired) electrons. The minimum Gasteiger partial charge on any atom is -0.481 e. The highest BCUT2D eigenvalue weighted by Gasteiger charge is 2.14. The van der Waals surface area contributed by atoms with E-state index in [0.717, 1.165) is 13.0 Å². The van der Waals surface area contributed by atoms with Gasteiger partial charge in [0.15, 0.2) is 5.82 Å². The van der Waals surface area contributed by atoms with Crippen molar-refractivity contribution in [2.75, 3.05) is 12.0 Å². The number of carboxylic acid groups (broad SMARTS) is 1. The molecule has 0 aliphatic heterocycles. The van der Waals surface area contributed by atoms with E-state index in [1.54, 1.807) is 6.26 Å². The highest BCUT2D eigenvalue weighted by atomic mass is 35.5. The predicted octanol–water partition coefficient (Wildman–Crippen LogP) is 4.08. The molecule has 0 saturated carbocycles. The van der Waals surface area contributed by atoms with Gasteiger partial charge >= 0.3 is 0 Å². The fourth-order valence-corrected chi connectivity index (χ4v) is 2.08. The van der Waals surface area contributed by atoms with Gasteiger partial charge in [-0.25, -0.2) is 8.78 Å². The van der Waals surface area contributed by atoms with Gasteiger partial charge in [0.05, 0.1) is 15.6 Å². The van der Waals surface area contributed by atoms with Crippen LogP contribution in [0.4, 0.5) is 14.5 Å². The summed E-state index contributed by atoms with van der Waals surface area (Å²) in [7, 11) is 0. The molecule has 0 aliphatic rings. The lowest BCUT2D eigenvalue weighted by Crippen LogP contribution is -1.99. The lowest BCUT2D eigenvalue weighted by atomic mass is 10.1. The Labute approximate surface area is 135 Å². The maximum absolute atomic E-state index is 14.0. The molecule has 0 aliphatic carbocycles. The number of aliphatic carboxylic acids is 1. The van der Waals surface area contributed by atoms with E-state index < -0.39 is 17.6 Å². The Balaban J connectivity index is 0.000000541. The molecule has 0 spiro atoms. The highest BCUT2D eigenvalue weighted by Crippen LogP contribution is 2.31. The standard InChI is InChI=1S/C12H9ClF2N2S.C2H4O2/c1-18-9-5-17-12(10(15)11(9)16)6-2-3-7(13)8(14)4-6;1-2(3)4/h2-5H,1H3,(H2,16,17);1H3,(H,3,4). The predicted molar refractivity (Wildman–Crippen MR) is 84.1 cm³/mol. The van der Waals surface area contributed by atoms with Gasteiger partial charge in [-0.2, -0.15) is 0 Å². The number of carboxylic acids is 1. The summed E-state index contributed by atoms with van der Waals surface area (Å²) in [6.45, 7) is 1.08. The van der Waals surface area contributed by atoms with Crippen LogP contribution in [0.5, 0.6) is 0 Å². The molecule has 0 saturated heterocycles. The Kier molecular flexibility index (Phi) is 6.58. The average Bonchev–Trinajstić information content (AvgIpc) is 2.44. The molecule has 0 unspecified atom stereocenters. The molecule has 1 aromatic heterocycles. The molecule has 0 bridgehead atoms. The van der Waals surface area contributed by atoms with Crippen LogP contribution in [0.25, 0.3) is 11.3 Å². The zero-order valence-corrected chi connectivity index (χ0v) is 13.3. The van der Waals surface area contributed by atoms with E-state index in [-0.39, 0.29) is 16.4 Å². The summed E-state index contributed by atoms with van der Waals surface area (Å²) in [4.78, 5) is 13.5. The summed E-state index contributed by atoms with van der Waals surface area (Å²) in [5.41, 5.74) is 5.97. The number of carbonyl (C=O) groups is 1. The summed E-state index contributed by atoms with van der Waals surface area (Å²) in [6, 6.07) is 3.98. The molecule has 1 aromatic carbocycles. The largest absolute Gasteiger partial charge is 0.481 e. The van der Waals surface area contributed by atoms with E-state index in [9.17, 15) is 8.78 Å². The Morgan fingerprint density at radius 1 is 1.41 bits per heavy atom. The molecule has 118 valence electrons. The maximum Gasteiger partial charge on any atom is 0.300 e. The van der Waals surface area contributed by atoms with Crippen molar-refractivity contribution in [2.24, 2.45) is 0 Å². The zero-order chi connectivity index (χ0) is 16.9. The molecule has 0 atom stereocenters. The fourth-order valence-electron chi connectivity index (χ4n) is 1.49. The molecule has 0 amide bonds. The normalized spacial score (nSPS) is 9.86. The molecular formula is C14H13ClF2N2O2S. The molecule has 22 heavy (non-hydrogen) atoms. The third kappa shape index (κ3) is 4.57. The van der Waals surface area contributed by atoms with Gasteiger partial charge in [-0.05, 0) is 18.4 Å². The number of nitrogens with two attached hydrogens (primary N) is 1. The number of anilines is 1. The fraction of sp³-hybridized carbons (Fsp3) is 0.143. The van der Waals surface area contributed by atoms with Crippen molar-refractivity contribution in [3.63, 3.8) is 0 Å². The number of pyridine rings is 1. The molecule has 8 heteroatoms. The number of thioether (sulfide) groups is 1. The first-order valence-electron chi connectivity index (χ1n) is 5.90. The number of hydrogen-bond donors (Lipinski definition) is 2. The summed E-state index contributed by atoms with van der Waals surface area (Å²) >= 11 is 6.87. The Bertz CT molecular complexity index is 695. The third-order valence-electron chi connectivity index (χ3n) is 2.43. The van der Waals surface area contributed by atoms with E-state index in [2.05, 4.69) is 4.98 Å². The molecule has 2 aromatic rings. The second kappa shape index (κ2) is 7.95. The Morgan fingerprint density at radius 3 is 2.50 bits per heavy atom. The van der Waals surface area contributed by atoms with Gasteiger partial charge in [-0.15, -0.1) is 11.8 Å². The lowest BCUT2D eigenvalue weighted by molar-refractivity contribution is -0.134. The first kappa shape index (κ1) is 18.2. The first-order chi connectivity index (χ1) is 10.3. The number of aromatic nitrogens is 1. The van der Waals surface area contributed by atoms with Crippen LogP contribution in [0.1, 0.15) is 6.92 Å². The summed E-state index contributed by atoms with van der Waals surface area (Å²) < 4.78 is 27.3. The molecule has 4 nitrogen and oxygen atoms in total. The molecule has 3 N–H and O–H groups in total. The third-order valence-corrected chi connectivity index (χ3v) is 3.51. The Morgan fingerprint density at radius 2 is 2.00 bits per heavy atom. The summed E-state index contributed by atoms with van der Waals surface area (Å²) in [5, 5.41) is 7.40. The van der Waals surface area contributed by atoms with Gasteiger partial charge in [0, 0.05) is 18.7 Å². The first-order valence-corrected chi connectivity index (χ1v) is 7.51. The smallest absolute Gasteiger partial charge is 0.300 e. The summed E-state index contributed by atoms with van der Waals surface area (Å²) in [6.07, 6.45) is 3.24. The second-order valence-corrected chi connectivity index (χ2v) is 5.31. The Hall–Kier alpha value is -1.86. The summed E-state index contributed by atoms with van der Waals surface area (Å²) in [5.74, 6) is -2.11. The van der Waals surface area contributed by atoms with Crippen LogP contribution in [0.15, 0.2) is 29.3 Å². The van der Waals surface area contributed by atoms with Gasteiger partial charge in [0.25, 0.3) is 5.97 Å². The maximum atomic E-state index is 14.0. The zero-order valence-electron chi connectivity index (χ0n) is 11.7. The van der Waals surface area contributed by atoms with E-state index in [0.29, 0.717) is 10.5 Å². The van der Waals surface area contributed by atoms with Crippen molar-refractivity contribution in [2.45, 2.75) is 11.8 Å². The van der Waals surface area contributed by atoms with Crippen molar-refractivity contribution in [3.8, 4) is 11.3 Å². The van der Waals surface area contributed by atoms with Crippen LogP contribution in [-0.4, -0.2) is 22.3 Å². The van der Waals surface area contributed by atoms with Gasteiger partial charge in [-0.3, -0.25) is 9.78 Å². The lowest BCUT2D eigenvalue weighted by Gasteiger charge is -2.08. The highest BCUT2D eigenvalue weighted by molar-refractivity contribution is 7.98. The van der Waals surface area contributed by atoms with E-state index in [4.69, 9.17) is 27.2 Å². The second-order valence-electron chi connectivity index (χ2n) is 4.05. The molecule has 1 heterocycles. The van der Waals surface area contributed by atoms with E-state index >= 15 is 0 Å². The van der Waals surface area contributed by atoms with Gasteiger partial charge in [0.2, 0.25) is 0 Å². The monoisotopic (exact) mass is 346 g/mol. The topological polar surface area (TPSA) is 76.2 Å². The van der Waals surface area contributed by atoms with Crippen molar-refractivity contribution in [1.82, 2.24) is 4.98 Å². The van der Waals surface area contributed by atoms with Crippen LogP contribution in [0.2, 0.25) is 5.02 Å². The van der Waals surface area contributed by atoms with Crippen LogP contribution in [0, 0.1) is 11.6 Å². The molecule has 2 rings (SSSR count).